The van der Waals surface area contributed by atoms with E-state index in [9.17, 15) is 9.18 Å². The molecule has 0 saturated carbocycles. The summed E-state index contributed by atoms with van der Waals surface area (Å²) >= 11 is 0. The number of hydrogen-bond acceptors (Lipinski definition) is 3. The number of carbonyl (C=O) groups excluding carboxylic acids is 1. The Morgan fingerprint density at radius 1 is 1.56 bits per heavy atom. The lowest BCUT2D eigenvalue weighted by Gasteiger charge is -2.11. The molecule has 0 saturated heterocycles. The van der Waals surface area contributed by atoms with Gasteiger partial charge in [-0.15, -0.1) is 0 Å². The Morgan fingerprint density at radius 2 is 2.25 bits per heavy atom. The van der Waals surface area contributed by atoms with Gasteiger partial charge >= 0.3 is 0 Å². The maximum atomic E-state index is 13.5. The lowest BCUT2D eigenvalue weighted by Crippen LogP contribution is -2.22. The van der Waals surface area contributed by atoms with Gasteiger partial charge in [-0.05, 0) is 26.0 Å². The van der Waals surface area contributed by atoms with Crippen LogP contribution in [-0.4, -0.2) is 18.6 Å². The molecule has 0 aliphatic carbocycles. The Labute approximate surface area is 93.6 Å². The second-order valence-corrected chi connectivity index (χ2v) is 3.56. The van der Waals surface area contributed by atoms with Crippen molar-refractivity contribution in [1.29, 1.82) is 0 Å². The number of rotatable bonds is 4. The van der Waals surface area contributed by atoms with E-state index in [0.717, 1.165) is 0 Å². The van der Waals surface area contributed by atoms with Crippen LogP contribution in [0.5, 0.6) is 5.75 Å². The van der Waals surface area contributed by atoms with E-state index in [0.29, 0.717) is 5.75 Å². The molecule has 0 unspecified atom stereocenters. The minimum absolute atomic E-state index is 0.0242. The molecular formula is C11H15FN2O2. The fourth-order valence-corrected chi connectivity index (χ4v) is 1.14. The average molecular weight is 226 g/mol. The minimum Gasteiger partial charge on any atom is -0.491 e. The van der Waals surface area contributed by atoms with Gasteiger partial charge in [0.15, 0.2) is 0 Å². The first-order chi connectivity index (χ1) is 7.52. The Bertz CT molecular complexity index is 380. The number of nitrogens with two attached hydrogens (primary N) is 1. The minimum atomic E-state index is -0.542. The maximum Gasteiger partial charge on any atom is 0.238 e. The molecular weight excluding hydrogens is 211 g/mol. The molecule has 5 heteroatoms. The average Bonchev–Trinajstić information content (AvgIpc) is 2.21. The number of anilines is 1. The highest BCUT2D eigenvalue weighted by molar-refractivity contribution is 5.92. The molecule has 88 valence electrons. The summed E-state index contributed by atoms with van der Waals surface area (Å²) in [5, 5.41) is 2.35. The second kappa shape index (κ2) is 5.46. The number of benzene rings is 1. The van der Waals surface area contributed by atoms with Crippen molar-refractivity contribution in [3.63, 3.8) is 0 Å². The maximum absolute atomic E-state index is 13.5. The van der Waals surface area contributed by atoms with Crippen molar-refractivity contribution in [2.45, 2.75) is 20.0 Å². The van der Waals surface area contributed by atoms with Crippen LogP contribution in [0.4, 0.5) is 10.1 Å². The second-order valence-electron chi connectivity index (χ2n) is 3.56. The van der Waals surface area contributed by atoms with Crippen molar-refractivity contribution in [3.05, 3.63) is 24.0 Å². The van der Waals surface area contributed by atoms with Gasteiger partial charge in [0.2, 0.25) is 5.91 Å². The first-order valence-corrected chi connectivity index (χ1v) is 4.99. The molecule has 0 radical (unpaired) electrons. The Balaban J connectivity index is 2.79. The summed E-state index contributed by atoms with van der Waals surface area (Å²) in [6, 6.07) is 4.27. The van der Waals surface area contributed by atoms with Crippen molar-refractivity contribution in [2.75, 3.05) is 11.9 Å². The summed E-state index contributed by atoms with van der Waals surface area (Å²) in [4.78, 5) is 11.0. The van der Waals surface area contributed by atoms with Crippen molar-refractivity contribution < 1.29 is 13.9 Å². The third-order valence-electron chi connectivity index (χ3n) is 1.77. The summed E-state index contributed by atoms with van der Waals surface area (Å²) in [6.45, 7) is 3.52. The van der Waals surface area contributed by atoms with Crippen LogP contribution in [0, 0.1) is 5.82 Å². The number of amides is 1. The summed E-state index contributed by atoms with van der Waals surface area (Å²) in [6.07, 6.45) is -0.0242. The van der Waals surface area contributed by atoms with E-state index in [2.05, 4.69) is 5.32 Å². The smallest absolute Gasteiger partial charge is 0.238 e. The Kier molecular flexibility index (Phi) is 4.25. The summed E-state index contributed by atoms with van der Waals surface area (Å²) < 4.78 is 18.8. The van der Waals surface area contributed by atoms with E-state index in [1.165, 1.54) is 12.1 Å². The Hall–Kier alpha value is -1.62. The zero-order chi connectivity index (χ0) is 12.1. The van der Waals surface area contributed by atoms with Crippen LogP contribution in [0.1, 0.15) is 13.8 Å². The van der Waals surface area contributed by atoms with Crippen molar-refractivity contribution in [1.82, 2.24) is 0 Å². The van der Waals surface area contributed by atoms with Crippen molar-refractivity contribution in [2.24, 2.45) is 5.73 Å². The molecule has 0 atom stereocenters. The first kappa shape index (κ1) is 12.4. The molecule has 0 bridgehead atoms. The van der Waals surface area contributed by atoms with Crippen LogP contribution in [-0.2, 0) is 4.79 Å². The predicted molar refractivity (Wildman–Crippen MR) is 59.8 cm³/mol. The molecule has 0 fully saturated rings. The highest BCUT2D eigenvalue weighted by atomic mass is 19.1. The van der Waals surface area contributed by atoms with Crippen molar-refractivity contribution >= 4 is 11.6 Å². The standard InChI is InChI=1S/C11H15FN2O2/c1-7(2)16-8-3-4-10(9(12)5-8)14-11(15)6-13/h3-5,7H,6,13H2,1-2H3,(H,14,15). The van der Waals surface area contributed by atoms with E-state index in [4.69, 9.17) is 10.5 Å². The molecule has 1 aromatic rings. The SMILES string of the molecule is CC(C)Oc1ccc(NC(=O)CN)c(F)c1. The van der Waals surface area contributed by atoms with Crippen LogP contribution in [0.25, 0.3) is 0 Å². The summed E-state index contributed by atoms with van der Waals surface area (Å²) in [5.41, 5.74) is 5.21. The molecule has 0 heterocycles. The van der Waals surface area contributed by atoms with Gasteiger partial charge in [0.05, 0.1) is 18.3 Å². The third kappa shape index (κ3) is 3.51. The monoisotopic (exact) mass is 226 g/mol. The molecule has 3 N–H and O–H groups in total. The molecule has 0 spiro atoms. The van der Waals surface area contributed by atoms with E-state index in [-0.39, 0.29) is 18.3 Å². The van der Waals surface area contributed by atoms with E-state index in [1.54, 1.807) is 6.07 Å². The van der Waals surface area contributed by atoms with Gasteiger partial charge < -0.3 is 15.8 Å². The number of hydrogen-bond donors (Lipinski definition) is 2. The topological polar surface area (TPSA) is 64.3 Å². The van der Waals surface area contributed by atoms with Gasteiger partial charge in [-0.2, -0.15) is 0 Å². The van der Waals surface area contributed by atoms with Crippen LogP contribution in [0.2, 0.25) is 0 Å². The molecule has 0 aliphatic rings. The van der Waals surface area contributed by atoms with Crippen molar-refractivity contribution in [3.8, 4) is 5.75 Å². The van der Waals surface area contributed by atoms with Crippen LogP contribution in [0.15, 0.2) is 18.2 Å². The van der Waals surface area contributed by atoms with Gasteiger partial charge in [-0.1, -0.05) is 0 Å². The number of carbonyl (C=O) groups is 1. The molecule has 4 nitrogen and oxygen atoms in total. The first-order valence-electron chi connectivity index (χ1n) is 4.99. The molecule has 0 aromatic heterocycles. The Morgan fingerprint density at radius 3 is 2.75 bits per heavy atom. The number of ether oxygens (including phenoxy) is 1. The number of nitrogens with one attached hydrogen (secondary N) is 1. The van der Waals surface area contributed by atoms with Crippen LogP contribution < -0.4 is 15.8 Å². The largest absolute Gasteiger partial charge is 0.491 e. The predicted octanol–water partition coefficient (Wildman–Crippen LogP) is 1.51. The molecule has 1 amide bonds. The summed E-state index contributed by atoms with van der Waals surface area (Å²) in [5.74, 6) is -0.547. The van der Waals surface area contributed by atoms with Gasteiger partial charge in [-0.25, -0.2) is 4.39 Å². The normalized spacial score (nSPS) is 10.3. The highest BCUT2D eigenvalue weighted by Gasteiger charge is 2.07. The van der Waals surface area contributed by atoms with Gasteiger partial charge in [0.25, 0.3) is 0 Å². The molecule has 0 aliphatic heterocycles. The van der Waals surface area contributed by atoms with Crippen LogP contribution in [0.3, 0.4) is 0 Å². The zero-order valence-electron chi connectivity index (χ0n) is 9.29. The van der Waals surface area contributed by atoms with E-state index < -0.39 is 11.7 Å². The van der Waals surface area contributed by atoms with E-state index >= 15 is 0 Å². The van der Waals surface area contributed by atoms with Gasteiger partial charge in [0.1, 0.15) is 11.6 Å². The third-order valence-corrected chi connectivity index (χ3v) is 1.77. The van der Waals surface area contributed by atoms with Gasteiger partial charge in [0, 0.05) is 6.07 Å². The fraction of sp³-hybridized carbons (Fsp3) is 0.364. The highest BCUT2D eigenvalue weighted by Crippen LogP contribution is 2.21. The van der Waals surface area contributed by atoms with Gasteiger partial charge in [-0.3, -0.25) is 4.79 Å². The van der Waals surface area contributed by atoms with Crippen LogP contribution >= 0.6 is 0 Å². The lowest BCUT2D eigenvalue weighted by molar-refractivity contribution is -0.114. The fourth-order valence-electron chi connectivity index (χ4n) is 1.14. The van der Waals surface area contributed by atoms with E-state index in [1.807, 2.05) is 13.8 Å². The lowest BCUT2D eigenvalue weighted by atomic mass is 10.2. The number of halogens is 1. The quantitative estimate of drug-likeness (QED) is 0.817. The summed E-state index contributed by atoms with van der Waals surface area (Å²) in [7, 11) is 0. The molecule has 16 heavy (non-hydrogen) atoms. The molecule has 1 rings (SSSR count). The zero-order valence-corrected chi connectivity index (χ0v) is 9.29. The molecule has 1 aromatic carbocycles.